The third-order valence-electron chi connectivity index (χ3n) is 15.8. The molecule has 0 N–H and O–H groups in total. The second kappa shape index (κ2) is 44.6. The Morgan fingerprint density at radius 2 is 0.525 bits per heavy atom. The fourth-order valence-corrected chi connectivity index (χ4v) is 12.0. The van der Waals surface area contributed by atoms with Crippen LogP contribution in [-0.2, 0) is 0 Å². The Hall–Kier alpha value is 0. The quantitative estimate of drug-likeness (QED) is 0.0536. The summed E-state index contributed by atoms with van der Waals surface area (Å²) in [4.78, 5) is 0. The zero-order valence-electron chi connectivity index (χ0n) is 43.4. The van der Waals surface area contributed by atoms with Crippen LogP contribution in [-0.4, -0.2) is 0 Å². The Morgan fingerprint density at radius 3 is 0.847 bits per heavy atom. The largest absolute Gasteiger partial charge is 0.0654 e. The number of rotatable bonds is 50. The predicted molar refractivity (Wildman–Crippen MR) is 274 cm³/mol. The summed E-state index contributed by atoms with van der Waals surface area (Å²) in [6.07, 6.45) is 69.3. The van der Waals surface area contributed by atoms with Gasteiger partial charge in [0.1, 0.15) is 0 Å². The zero-order chi connectivity index (χ0) is 43.4. The molecule has 0 saturated heterocycles. The van der Waals surface area contributed by atoms with Crippen LogP contribution in [0.25, 0.3) is 0 Å². The molecule has 0 aliphatic carbocycles. The van der Waals surface area contributed by atoms with E-state index in [0.717, 1.165) is 11.8 Å². The van der Waals surface area contributed by atoms with Gasteiger partial charge in [0.25, 0.3) is 0 Å². The van der Waals surface area contributed by atoms with E-state index in [1.807, 2.05) is 0 Å². The van der Waals surface area contributed by atoms with Crippen LogP contribution in [0.4, 0.5) is 0 Å². The average molecular weight is 830 g/mol. The molecule has 0 aromatic carbocycles. The molecule has 0 aliphatic rings. The predicted octanol–water partition coefficient (Wildman–Crippen LogP) is 22.7. The molecule has 0 spiro atoms. The lowest BCUT2D eigenvalue weighted by Gasteiger charge is -2.58. The first-order valence-corrected chi connectivity index (χ1v) is 29.0. The van der Waals surface area contributed by atoms with Crippen LogP contribution in [0.2, 0.25) is 0 Å². The molecular weight excluding hydrogens is 709 g/mol. The summed E-state index contributed by atoms with van der Waals surface area (Å²) in [5.74, 6) is 1.86. The van der Waals surface area contributed by atoms with E-state index in [0.29, 0.717) is 10.8 Å². The molecule has 0 aromatic heterocycles. The monoisotopic (exact) mass is 829 g/mol. The summed E-state index contributed by atoms with van der Waals surface area (Å²) in [7, 11) is 0. The lowest BCUT2D eigenvalue weighted by Crippen LogP contribution is -2.49. The van der Waals surface area contributed by atoms with Crippen LogP contribution in [0, 0.1) is 22.7 Å². The van der Waals surface area contributed by atoms with E-state index in [1.54, 1.807) is 44.9 Å². The van der Waals surface area contributed by atoms with Crippen LogP contribution >= 0.6 is 0 Å². The summed E-state index contributed by atoms with van der Waals surface area (Å²) in [6, 6.07) is 0. The molecule has 4 unspecified atom stereocenters. The van der Waals surface area contributed by atoms with Gasteiger partial charge in [-0.1, -0.05) is 312 Å². The van der Waals surface area contributed by atoms with Gasteiger partial charge in [0.15, 0.2) is 0 Å². The van der Waals surface area contributed by atoms with Crippen LogP contribution in [0.1, 0.15) is 357 Å². The highest BCUT2D eigenvalue weighted by Gasteiger charge is 2.53. The molecular formula is C59H120. The molecule has 0 saturated carbocycles. The van der Waals surface area contributed by atoms with Crippen molar-refractivity contribution in [1.29, 1.82) is 0 Å². The standard InChI is InChI=1S/C59H120/c1-9-17-24-30-34-36-40-45-52-58(55-56(16-8)48-23-15-7,51-44-39-35-31-25-18-10-2)59(53-46-38-28-21-13-5,54-47-41-33-27-20-12-4)57(49-42-29-22-14-6)50-43-37-32-26-19-11-3/h56-57H,9-55H2,1-8H3. The van der Waals surface area contributed by atoms with Gasteiger partial charge in [-0.3, -0.25) is 0 Å². The molecule has 0 radical (unpaired) electrons. The zero-order valence-corrected chi connectivity index (χ0v) is 43.4. The van der Waals surface area contributed by atoms with Crippen molar-refractivity contribution in [2.45, 2.75) is 357 Å². The first-order chi connectivity index (χ1) is 29.0. The normalized spacial score (nSPS) is 15.1. The maximum Gasteiger partial charge on any atom is -0.0213 e. The van der Waals surface area contributed by atoms with Crippen LogP contribution in [0.15, 0.2) is 0 Å². The molecule has 0 fully saturated rings. The van der Waals surface area contributed by atoms with Crippen molar-refractivity contribution < 1.29 is 0 Å². The highest BCUT2D eigenvalue weighted by Crippen LogP contribution is 2.63. The minimum Gasteiger partial charge on any atom is -0.0654 e. The van der Waals surface area contributed by atoms with Crippen molar-refractivity contribution in [3.63, 3.8) is 0 Å². The van der Waals surface area contributed by atoms with Crippen LogP contribution < -0.4 is 0 Å². The highest BCUT2D eigenvalue weighted by molar-refractivity contribution is 5.03. The van der Waals surface area contributed by atoms with Gasteiger partial charge in [-0.2, -0.15) is 0 Å². The Kier molecular flexibility index (Phi) is 44.6. The summed E-state index contributed by atoms with van der Waals surface area (Å²) in [6.45, 7) is 19.5. The molecule has 0 aliphatic heterocycles. The summed E-state index contributed by atoms with van der Waals surface area (Å²) in [5, 5.41) is 0. The molecule has 0 nitrogen and oxygen atoms in total. The van der Waals surface area contributed by atoms with Crippen molar-refractivity contribution in [3.8, 4) is 0 Å². The molecule has 0 bridgehead atoms. The molecule has 0 amide bonds. The van der Waals surface area contributed by atoms with Crippen molar-refractivity contribution in [3.05, 3.63) is 0 Å². The lowest BCUT2D eigenvalue weighted by molar-refractivity contribution is -0.0847. The second-order valence-corrected chi connectivity index (χ2v) is 20.9. The maximum atomic E-state index is 2.60. The van der Waals surface area contributed by atoms with E-state index in [2.05, 4.69) is 55.4 Å². The summed E-state index contributed by atoms with van der Waals surface area (Å²) < 4.78 is 0. The van der Waals surface area contributed by atoms with Gasteiger partial charge < -0.3 is 0 Å². The van der Waals surface area contributed by atoms with Crippen LogP contribution in [0.3, 0.4) is 0 Å². The molecule has 0 heteroatoms. The number of unbranched alkanes of at least 4 members (excludes halogenated alkanes) is 31. The van der Waals surface area contributed by atoms with E-state index in [-0.39, 0.29) is 0 Å². The number of hydrogen-bond acceptors (Lipinski definition) is 0. The van der Waals surface area contributed by atoms with E-state index >= 15 is 0 Å². The summed E-state index contributed by atoms with van der Waals surface area (Å²) >= 11 is 0. The lowest BCUT2D eigenvalue weighted by atomic mass is 9.46. The Balaban J connectivity index is 7.48. The highest BCUT2D eigenvalue weighted by atomic mass is 14.6. The van der Waals surface area contributed by atoms with Crippen molar-refractivity contribution in [2.24, 2.45) is 22.7 Å². The van der Waals surface area contributed by atoms with Gasteiger partial charge in [-0.25, -0.2) is 0 Å². The average Bonchev–Trinajstić information content (AvgIpc) is 3.25. The SMILES string of the molecule is CCCCCCCCCCC(CCCCCCCCC)(CC(CC)CCCC)C(CCCCCCC)(CCCCCCCC)C(CCCCCC)CCCCCCCC. The summed E-state index contributed by atoms with van der Waals surface area (Å²) in [5.41, 5.74) is 1.06. The second-order valence-electron chi connectivity index (χ2n) is 20.9. The van der Waals surface area contributed by atoms with Gasteiger partial charge in [-0.15, -0.1) is 0 Å². The van der Waals surface area contributed by atoms with Gasteiger partial charge in [0, 0.05) is 0 Å². The Labute approximate surface area is 378 Å². The van der Waals surface area contributed by atoms with Crippen LogP contribution in [0.5, 0.6) is 0 Å². The topological polar surface area (TPSA) is 0 Å². The van der Waals surface area contributed by atoms with Gasteiger partial charge in [0.2, 0.25) is 0 Å². The molecule has 59 heavy (non-hydrogen) atoms. The molecule has 4 atom stereocenters. The maximum absolute atomic E-state index is 2.60. The smallest absolute Gasteiger partial charge is 0.0213 e. The van der Waals surface area contributed by atoms with E-state index in [4.69, 9.17) is 0 Å². The number of hydrogen-bond donors (Lipinski definition) is 0. The van der Waals surface area contributed by atoms with E-state index in [1.165, 1.54) is 257 Å². The molecule has 356 valence electrons. The first-order valence-electron chi connectivity index (χ1n) is 29.0. The van der Waals surface area contributed by atoms with Gasteiger partial charge in [0.05, 0.1) is 0 Å². The van der Waals surface area contributed by atoms with Gasteiger partial charge >= 0.3 is 0 Å². The third-order valence-corrected chi connectivity index (χ3v) is 15.8. The third kappa shape index (κ3) is 29.9. The Bertz CT molecular complexity index is 783. The minimum absolute atomic E-state index is 0.527. The van der Waals surface area contributed by atoms with Gasteiger partial charge in [-0.05, 0) is 67.6 Å². The first kappa shape index (κ1) is 59.0. The molecule has 0 rings (SSSR count). The fourth-order valence-electron chi connectivity index (χ4n) is 12.0. The fraction of sp³-hybridized carbons (Fsp3) is 1.00. The minimum atomic E-state index is 0.527. The van der Waals surface area contributed by atoms with Crippen molar-refractivity contribution in [2.75, 3.05) is 0 Å². The van der Waals surface area contributed by atoms with E-state index in [9.17, 15) is 0 Å². The van der Waals surface area contributed by atoms with Crippen molar-refractivity contribution >= 4 is 0 Å². The van der Waals surface area contributed by atoms with E-state index < -0.39 is 0 Å². The molecule has 0 aromatic rings. The van der Waals surface area contributed by atoms with Crippen molar-refractivity contribution in [1.82, 2.24) is 0 Å². The molecule has 0 heterocycles. The Morgan fingerprint density at radius 1 is 0.254 bits per heavy atom.